The van der Waals surface area contributed by atoms with Gasteiger partial charge in [-0.2, -0.15) is 0 Å². The molecular weight excluding hydrogens is 377 g/mol. The first kappa shape index (κ1) is 18.1. The van der Waals surface area contributed by atoms with Crippen LogP contribution in [0.4, 0.5) is 9.52 Å². The van der Waals surface area contributed by atoms with E-state index in [0.29, 0.717) is 27.7 Å². The Morgan fingerprint density at radius 3 is 2.46 bits per heavy atom. The van der Waals surface area contributed by atoms with Gasteiger partial charge in [0.05, 0.1) is 10.6 Å². The highest BCUT2D eigenvalue weighted by atomic mass is 32.1. The van der Waals surface area contributed by atoms with Crippen molar-refractivity contribution in [2.45, 2.75) is 13.8 Å². The molecule has 4 rings (SSSR count). The van der Waals surface area contributed by atoms with Gasteiger partial charge in [0.2, 0.25) is 0 Å². The van der Waals surface area contributed by atoms with E-state index in [4.69, 9.17) is 4.52 Å². The summed E-state index contributed by atoms with van der Waals surface area (Å²) in [5.41, 5.74) is 3.16. The summed E-state index contributed by atoms with van der Waals surface area (Å²) in [7, 11) is 0. The van der Waals surface area contributed by atoms with E-state index >= 15 is 0 Å². The minimum atomic E-state index is -0.369. The van der Waals surface area contributed by atoms with Crippen LogP contribution in [0.1, 0.15) is 21.8 Å². The molecule has 0 spiro atoms. The Balaban J connectivity index is 1.63. The van der Waals surface area contributed by atoms with Crippen molar-refractivity contribution in [2.75, 3.05) is 5.32 Å². The highest BCUT2D eigenvalue weighted by Gasteiger charge is 2.23. The number of aromatic nitrogens is 2. The number of aryl methyl sites for hydroxylation is 2. The van der Waals surface area contributed by atoms with E-state index in [1.807, 2.05) is 37.3 Å². The Bertz CT molecular complexity index is 1130. The van der Waals surface area contributed by atoms with E-state index in [9.17, 15) is 9.18 Å². The number of carbonyl (C=O) groups excluding carboxylic acids is 1. The van der Waals surface area contributed by atoms with Gasteiger partial charge >= 0.3 is 0 Å². The van der Waals surface area contributed by atoms with Crippen molar-refractivity contribution in [1.29, 1.82) is 0 Å². The van der Waals surface area contributed by atoms with Crippen molar-refractivity contribution in [3.63, 3.8) is 0 Å². The molecule has 2 aromatic carbocycles. The number of carbonyl (C=O) groups is 1. The number of amides is 1. The number of nitrogens with one attached hydrogen (secondary N) is 1. The average Bonchev–Trinajstić information content (AvgIpc) is 3.25. The third-order valence-corrected chi connectivity index (χ3v) is 5.38. The quantitative estimate of drug-likeness (QED) is 0.499. The second-order valence-electron chi connectivity index (χ2n) is 6.22. The third kappa shape index (κ3) is 3.44. The lowest BCUT2D eigenvalue weighted by atomic mass is 10.1. The molecule has 0 aliphatic rings. The van der Waals surface area contributed by atoms with Gasteiger partial charge in [0, 0.05) is 5.56 Å². The first-order chi connectivity index (χ1) is 13.5. The monoisotopic (exact) mass is 393 g/mol. The van der Waals surface area contributed by atoms with Crippen molar-refractivity contribution < 1.29 is 13.7 Å². The highest BCUT2D eigenvalue weighted by molar-refractivity contribution is 7.19. The number of hydrogen-bond acceptors (Lipinski definition) is 5. The van der Waals surface area contributed by atoms with E-state index in [2.05, 4.69) is 15.5 Å². The smallest absolute Gasteiger partial charge is 0.263 e. The van der Waals surface area contributed by atoms with Crippen molar-refractivity contribution in [1.82, 2.24) is 10.1 Å². The summed E-state index contributed by atoms with van der Waals surface area (Å²) in [6, 6.07) is 15.6. The van der Waals surface area contributed by atoms with Gasteiger partial charge in [0.25, 0.3) is 5.91 Å². The maximum absolute atomic E-state index is 13.2. The molecule has 7 heteroatoms. The second kappa shape index (κ2) is 7.36. The number of benzene rings is 2. The molecule has 4 aromatic rings. The predicted molar refractivity (Wildman–Crippen MR) is 107 cm³/mol. The molecule has 0 saturated carbocycles. The lowest BCUT2D eigenvalue weighted by Crippen LogP contribution is -2.13. The topological polar surface area (TPSA) is 68.0 Å². The van der Waals surface area contributed by atoms with Gasteiger partial charge in [-0.25, -0.2) is 9.37 Å². The minimum absolute atomic E-state index is 0.306. The van der Waals surface area contributed by atoms with Crippen molar-refractivity contribution in [3.05, 3.63) is 77.4 Å². The van der Waals surface area contributed by atoms with Crippen molar-refractivity contribution in [2.24, 2.45) is 0 Å². The molecule has 1 N–H and O–H groups in total. The summed E-state index contributed by atoms with van der Waals surface area (Å²) in [5.74, 6) is -0.346. The SMILES string of the molecule is Cc1nc(NC(=O)c2c(-c3ccc(F)cc3)noc2C)sc1-c1ccccc1. The molecule has 0 aliphatic heterocycles. The lowest BCUT2D eigenvalue weighted by molar-refractivity contribution is 0.102. The van der Waals surface area contributed by atoms with Gasteiger partial charge in [0.15, 0.2) is 5.13 Å². The Kier molecular flexibility index (Phi) is 4.75. The van der Waals surface area contributed by atoms with Crippen LogP contribution in [0.25, 0.3) is 21.7 Å². The largest absolute Gasteiger partial charge is 0.360 e. The van der Waals surface area contributed by atoms with E-state index in [1.165, 1.54) is 23.5 Å². The highest BCUT2D eigenvalue weighted by Crippen LogP contribution is 2.33. The van der Waals surface area contributed by atoms with Crippen LogP contribution in [0.2, 0.25) is 0 Å². The number of nitrogens with zero attached hydrogens (tertiary/aromatic N) is 2. The Morgan fingerprint density at radius 1 is 1.04 bits per heavy atom. The molecule has 0 fully saturated rings. The zero-order valence-electron chi connectivity index (χ0n) is 15.2. The lowest BCUT2D eigenvalue weighted by Gasteiger charge is -2.03. The maximum Gasteiger partial charge on any atom is 0.263 e. The number of halogens is 1. The average molecular weight is 393 g/mol. The summed E-state index contributed by atoms with van der Waals surface area (Å²) in [6.07, 6.45) is 0. The van der Waals surface area contributed by atoms with Crippen molar-refractivity contribution >= 4 is 22.4 Å². The van der Waals surface area contributed by atoms with Crippen LogP contribution < -0.4 is 5.32 Å². The van der Waals surface area contributed by atoms with Crippen LogP contribution in [0.3, 0.4) is 0 Å². The van der Waals surface area contributed by atoms with Crippen LogP contribution in [0.5, 0.6) is 0 Å². The van der Waals surface area contributed by atoms with Gasteiger partial charge in [-0.15, -0.1) is 0 Å². The van der Waals surface area contributed by atoms with Crippen LogP contribution in [0.15, 0.2) is 59.1 Å². The molecule has 0 aliphatic carbocycles. The van der Waals surface area contributed by atoms with Crippen LogP contribution in [-0.2, 0) is 0 Å². The third-order valence-electron chi connectivity index (χ3n) is 4.26. The summed E-state index contributed by atoms with van der Waals surface area (Å²) in [6.45, 7) is 3.57. The molecule has 2 heterocycles. The molecule has 2 aromatic heterocycles. The molecular formula is C21H16FN3O2S. The first-order valence-corrected chi connectivity index (χ1v) is 9.41. The standard InChI is InChI=1S/C21H16FN3O2S/c1-12-19(15-6-4-3-5-7-15)28-21(23-12)24-20(26)17-13(2)27-25-18(17)14-8-10-16(22)11-9-14/h3-11H,1-2H3,(H,23,24,26). The van der Waals surface area contributed by atoms with Gasteiger partial charge in [0.1, 0.15) is 22.8 Å². The fourth-order valence-corrected chi connectivity index (χ4v) is 3.88. The summed E-state index contributed by atoms with van der Waals surface area (Å²) in [5, 5.41) is 7.30. The van der Waals surface area contributed by atoms with Crippen LogP contribution in [-0.4, -0.2) is 16.0 Å². The molecule has 0 atom stereocenters. The van der Waals surface area contributed by atoms with Crippen molar-refractivity contribution in [3.8, 4) is 21.7 Å². The van der Waals surface area contributed by atoms with Gasteiger partial charge in [-0.3, -0.25) is 10.1 Å². The molecule has 140 valence electrons. The molecule has 0 radical (unpaired) electrons. The Morgan fingerprint density at radius 2 is 1.75 bits per heavy atom. The van der Waals surface area contributed by atoms with Crippen LogP contribution >= 0.6 is 11.3 Å². The van der Waals surface area contributed by atoms with Gasteiger partial charge in [-0.1, -0.05) is 46.8 Å². The number of anilines is 1. The molecule has 5 nitrogen and oxygen atoms in total. The summed E-state index contributed by atoms with van der Waals surface area (Å²) in [4.78, 5) is 18.4. The van der Waals surface area contributed by atoms with Gasteiger partial charge in [-0.05, 0) is 43.7 Å². The molecule has 1 amide bonds. The van der Waals surface area contributed by atoms with E-state index in [-0.39, 0.29) is 11.7 Å². The molecule has 0 bridgehead atoms. The first-order valence-electron chi connectivity index (χ1n) is 8.59. The van der Waals surface area contributed by atoms with E-state index in [1.54, 1.807) is 19.1 Å². The molecule has 28 heavy (non-hydrogen) atoms. The van der Waals surface area contributed by atoms with Gasteiger partial charge < -0.3 is 4.52 Å². The fraction of sp³-hybridized carbons (Fsp3) is 0.0952. The van der Waals surface area contributed by atoms with E-state index in [0.717, 1.165) is 16.1 Å². The fourth-order valence-electron chi connectivity index (χ4n) is 2.91. The normalized spacial score (nSPS) is 10.8. The zero-order chi connectivity index (χ0) is 19.7. The summed E-state index contributed by atoms with van der Waals surface area (Å²) >= 11 is 1.40. The Hall–Kier alpha value is -3.32. The number of rotatable bonds is 4. The zero-order valence-corrected chi connectivity index (χ0v) is 16.0. The molecule has 0 saturated heterocycles. The van der Waals surface area contributed by atoms with E-state index < -0.39 is 0 Å². The predicted octanol–water partition coefficient (Wildman–Crippen LogP) is 5.47. The number of thiazole rings is 1. The second-order valence-corrected chi connectivity index (χ2v) is 7.22. The minimum Gasteiger partial charge on any atom is -0.360 e. The van der Waals surface area contributed by atoms with Crippen LogP contribution in [0, 0.1) is 19.7 Å². The maximum atomic E-state index is 13.2. The summed E-state index contributed by atoms with van der Waals surface area (Å²) < 4.78 is 18.4. The Labute approximate surface area is 164 Å². The molecule has 0 unspecified atom stereocenters. The number of hydrogen-bond donors (Lipinski definition) is 1.